The summed E-state index contributed by atoms with van der Waals surface area (Å²) in [5.74, 6) is -3.82. The Balaban J connectivity index is 1.68. The number of aryl methyl sites for hydroxylation is 1. The summed E-state index contributed by atoms with van der Waals surface area (Å²) in [5, 5.41) is 0. The van der Waals surface area contributed by atoms with E-state index in [-0.39, 0.29) is 22.7 Å². The Bertz CT molecular complexity index is 983. The smallest absolute Gasteiger partial charge is 0.381 e. The van der Waals surface area contributed by atoms with Crippen molar-refractivity contribution >= 4 is 5.97 Å². The Kier molecular flexibility index (Phi) is 7.17. The number of benzene rings is 2. The second-order valence-corrected chi connectivity index (χ2v) is 6.88. The summed E-state index contributed by atoms with van der Waals surface area (Å²) in [6, 6.07) is 6.52. The van der Waals surface area contributed by atoms with E-state index in [0.717, 1.165) is 55.5 Å². The first kappa shape index (κ1) is 21.5. The number of hydrogen-bond donors (Lipinski definition) is 0. The van der Waals surface area contributed by atoms with Crippen LogP contribution in [-0.4, -0.2) is 15.9 Å². The molecule has 30 heavy (non-hydrogen) atoms. The maximum absolute atomic E-state index is 14.4. The van der Waals surface area contributed by atoms with Crippen LogP contribution in [0.25, 0.3) is 11.1 Å². The number of ether oxygens (including phenoxy) is 1. The highest BCUT2D eigenvalue weighted by molar-refractivity contribution is 5.87. The van der Waals surface area contributed by atoms with Gasteiger partial charge in [0.05, 0.1) is 5.56 Å². The van der Waals surface area contributed by atoms with Crippen LogP contribution in [0.4, 0.5) is 13.2 Å². The van der Waals surface area contributed by atoms with Gasteiger partial charge in [0.15, 0.2) is 0 Å². The summed E-state index contributed by atoms with van der Waals surface area (Å²) < 4.78 is 46.9. The van der Waals surface area contributed by atoms with Gasteiger partial charge in [-0.05, 0) is 36.1 Å². The molecule has 1 aromatic heterocycles. The van der Waals surface area contributed by atoms with E-state index in [9.17, 15) is 18.0 Å². The van der Waals surface area contributed by atoms with Crippen molar-refractivity contribution in [3.05, 3.63) is 77.6 Å². The summed E-state index contributed by atoms with van der Waals surface area (Å²) in [7, 11) is 0. The summed E-state index contributed by atoms with van der Waals surface area (Å²) in [5.41, 5.74) is 0.740. The molecular weight excluding hydrogens is 393 g/mol. The fourth-order valence-electron chi connectivity index (χ4n) is 3.00. The number of hydrogen-bond acceptors (Lipinski definition) is 4. The van der Waals surface area contributed by atoms with E-state index >= 15 is 0 Å². The molecule has 0 unspecified atom stereocenters. The molecule has 0 aliphatic carbocycles. The molecule has 0 saturated carbocycles. The van der Waals surface area contributed by atoms with Crippen molar-refractivity contribution in [3.8, 4) is 16.9 Å². The molecule has 156 valence electrons. The molecule has 0 amide bonds. The summed E-state index contributed by atoms with van der Waals surface area (Å²) in [4.78, 5) is 20.2. The highest BCUT2D eigenvalue weighted by Gasteiger charge is 2.18. The largest absolute Gasteiger partial charge is 0.420 e. The molecule has 0 aliphatic heterocycles. The van der Waals surface area contributed by atoms with Crippen LogP contribution in [0.15, 0.2) is 48.8 Å². The average Bonchev–Trinajstić information content (AvgIpc) is 2.72. The van der Waals surface area contributed by atoms with E-state index < -0.39 is 23.4 Å². The first-order valence-electron chi connectivity index (χ1n) is 9.76. The lowest BCUT2D eigenvalue weighted by molar-refractivity contribution is 0.0721. The van der Waals surface area contributed by atoms with Crippen molar-refractivity contribution in [2.75, 3.05) is 0 Å². The molecule has 4 nitrogen and oxygen atoms in total. The molecule has 2 aromatic carbocycles. The first-order valence-corrected chi connectivity index (χ1v) is 9.76. The van der Waals surface area contributed by atoms with E-state index in [1.165, 1.54) is 18.6 Å². The van der Waals surface area contributed by atoms with Crippen LogP contribution < -0.4 is 4.74 Å². The van der Waals surface area contributed by atoms with E-state index in [1.807, 2.05) is 0 Å². The van der Waals surface area contributed by atoms with Crippen LogP contribution in [-0.2, 0) is 6.42 Å². The van der Waals surface area contributed by atoms with Gasteiger partial charge in [-0.2, -0.15) is 0 Å². The molecule has 3 rings (SSSR count). The minimum atomic E-state index is -0.937. The van der Waals surface area contributed by atoms with Crippen LogP contribution >= 0.6 is 0 Å². The molecule has 0 atom stereocenters. The first-order chi connectivity index (χ1) is 14.5. The Morgan fingerprint density at radius 1 is 0.933 bits per heavy atom. The third kappa shape index (κ3) is 5.43. The SMILES string of the molecule is CCCCCCc1cnc(C(=O)Oc2cc(F)c(-c3ccc(F)cc3)c(F)c2)nc1. The van der Waals surface area contributed by atoms with E-state index in [0.29, 0.717) is 0 Å². The van der Waals surface area contributed by atoms with E-state index in [4.69, 9.17) is 4.74 Å². The number of nitrogens with zero attached hydrogens (tertiary/aromatic N) is 2. The number of esters is 1. The van der Waals surface area contributed by atoms with E-state index in [2.05, 4.69) is 16.9 Å². The molecular formula is C23H21F3N2O2. The van der Waals surface area contributed by atoms with Crippen LogP contribution in [0.1, 0.15) is 48.8 Å². The molecule has 1 heterocycles. The lowest BCUT2D eigenvalue weighted by atomic mass is 10.0. The topological polar surface area (TPSA) is 52.1 Å². The van der Waals surface area contributed by atoms with Crippen molar-refractivity contribution in [3.63, 3.8) is 0 Å². The van der Waals surface area contributed by atoms with Crippen molar-refractivity contribution in [1.82, 2.24) is 9.97 Å². The Labute approximate surface area is 172 Å². The molecule has 0 radical (unpaired) electrons. The molecule has 0 fully saturated rings. The van der Waals surface area contributed by atoms with Gasteiger partial charge in [0.2, 0.25) is 5.82 Å². The summed E-state index contributed by atoms with van der Waals surface area (Å²) in [6.07, 6.45) is 8.36. The predicted octanol–water partition coefficient (Wildman–Crippen LogP) is 5.90. The number of aromatic nitrogens is 2. The summed E-state index contributed by atoms with van der Waals surface area (Å²) >= 11 is 0. The highest BCUT2D eigenvalue weighted by Crippen LogP contribution is 2.30. The third-order valence-electron chi connectivity index (χ3n) is 4.57. The zero-order valence-corrected chi connectivity index (χ0v) is 16.5. The predicted molar refractivity (Wildman–Crippen MR) is 107 cm³/mol. The van der Waals surface area contributed by atoms with Gasteiger partial charge < -0.3 is 4.74 Å². The van der Waals surface area contributed by atoms with Gasteiger partial charge in [-0.15, -0.1) is 0 Å². The Morgan fingerprint density at radius 2 is 1.57 bits per heavy atom. The maximum atomic E-state index is 14.4. The molecule has 3 aromatic rings. The van der Waals surface area contributed by atoms with Gasteiger partial charge >= 0.3 is 5.97 Å². The average molecular weight is 414 g/mol. The lowest BCUT2D eigenvalue weighted by Crippen LogP contribution is -2.13. The van der Waals surface area contributed by atoms with Crippen molar-refractivity contribution < 1.29 is 22.7 Å². The lowest BCUT2D eigenvalue weighted by Gasteiger charge is -2.09. The Hall–Kier alpha value is -3.22. The molecule has 0 N–H and O–H groups in total. The third-order valence-corrected chi connectivity index (χ3v) is 4.57. The molecule has 0 aliphatic rings. The highest BCUT2D eigenvalue weighted by atomic mass is 19.1. The normalized spacial score (nSPS) is 10.8. The second-order valence-electron chi connectivity index (χ2n) is 6.88. The van der Waals surface area contributed by atoms with Crippen molar-refractivity contribution in [2.45, 2.75) is 39.0 Å². The zero-order chi connectivity index (χ0) is 21.5. The van der Waals surface area contributed by atoms with Crippen LogP contribution in [0.2, 0.25) is 0 Å². The minimum absolute atomic E-state index is 0.169. The monoisotopic (exact) mass is 414 g/mol. The van der Waals surface area contributed by atoms with Gasteiger partial charge in [-0.3, -0.25) is 0 Å². The van der Waals surface area contributed by atoms with Crippen LogP contribution in [0.3, 0.4) is 0 Å². The Morgan fingerprint density at radius 3 is 2.17 bits per heavy atom. The fraction of sp³-hybridized carbons (Fsp3) is 0.261. The number of carbonyl (C=O) groups is 1. The quantitative estimate of drug-likeness (QED) is 0.261. The second kappa shape index (κ2) is 10.0. The van der Waals surface area contributed by atoms with Gasteiger partial charge in [-0.1, -0.05) is 38.3 Å². The number of halogens is 3. The summed E-state index contributed by atoms with van der Waals surface area (Å²) in [6.45, 7) is 2.14. The van der Waals surface area contributed by atoms with Gasteiger partial charge in [0.25, 0.3) is 0 Å². The number of unbranched alkanes of at least 4 members (excludes halogenated alkanes) is 3. The van der Waals surface area contributed by atoms with Crippen molar-refractivity contribution in [2.24, 2.45) is 0 Å². The molecule has 0 spiro atoms. The fourth-order valence-corrected chi connectivity index (χ4v) is 3.00. The van der Waals surface area contributed by atoms with E-state index in [1.54, 1.807) is 12.4 Å². The van der Waals surface area contributed by atoms with Crippen LogP contribution in [0.5, 0.6) is 5.75 Å². The standard InChI is InChI=1S/C23H21F3N2O2/c1-2-3-4-5-6-15-13-27-22(28-14-15)23(29)30-18-11-19(25)21(20(26)12-18)16-7-9-17(24)10-8-16/h7-14H,2-6H2,1H3. The molecule has 0 bridgehead atoms. The maximum Gasteiger partial charge on any atom is 0.381 e. The number of rotatable bonds is 8. The minimum Gasteiger partial charge on any atom is -0.420 e. The van der Waals surface area contributed by atoms with Gasteiger partial charge in [0, 0.05) is 24.5 Å². The van der Waals surface area contributed by atoms with Crippen molar-refractivity contribution in [1.29, 1.82) is 0 Å². The molecule has 0 saturated heterocycles. The zero-order valence-electron chi connectivity index (χ0n) is 16.5. The number of carbonyl (C=O) groups excluding carboxylic acids is 1. The van der Waals surface area contributed by atoms with Gasteiger partial charge in [-0.25, -0.2) is 27.9 Å². The van der Waals surface area contributed by atoms with Crippen LogP contribution in [0, 0.1) is 17.5 Å². The van der Waals surface area contributed by atoms with Gasteiger partial charge in [0.1, 0.15) is 23.2 Å². The molecule has 7 heteroatoms.